The van der Waals surface area contributed by atoms with Crippen LogP contribution in [0.5, 0.6) is 17.2 Å². The first-order valence-electron chi connectivity index (χ1n) is 18.0. The molecule has 1 saturated heterocycles. The molecule has 11 heteroatoms. The van der Waals surface area contributed by atoms with Crippen molar-refractivity contribution in [2.45, 2.75) is 72.9 Å². The number of nitrogens with zero attached hydrogens (tertiary/aromatic N) is 4. The predicted octanol–water partition coefficient (Wildman–Crippen LogP) is 7.78. The van der Waals surface area contributed by atoms with E-state index in [9.17, 15) is 10.4 Å². The first-order valence-corrected chi connectivity index (χ1v) is 18.3. The molecular formula is C42H46ClN5O5. The molecule has 276 valence electrons. The van der Waals surface area contributed by atoms with Crippen LogP contribution in [0.3, 0.4) is 0 Å². The predicted molar refractivity (Wildman–Crippen MR) is 204 cm³/mol. The summed E-state index contributed by atoms with van der Waals surface area (Å²) < 4.78 is 24.3. The molecule has 0 aliphatic carbocycles. The minimum Gasteiger partial charge on any atom is -0.493 e. The molecule has 3 aromatic carbocycles. The van der Waals surface area contributed by atoms with E-state index in [4.69, 9.17) is 30.3 Å². The maximum Gasteiger partial charge on any atom is 0.142 e. The van der Waals surface area contributed by atoms with Crippen molar-refractivity contribution in [2.24, 2.45) is 0 Å². The van der Waals surface area contributed by atoms with Crippen molar-refractivity contribution in [1.29, 1.82) is 5.26 Å². The van der Waals surface area contributed by atoms with Crippen LogP contribution < -0.4 is 19.5 Å². The number of hydrogen-bond donors (Lipinski definition) is 2. The van der Waals surface area contributed by atoms with Gasteiger partial charge in [0.25, 0.3) is 0 Å². The first-order chi connectivity index (χ1) is 25.7. The van der Waals surface area contributed by atoms with E-state index in [2.05, 4.69) is 58.5 Å². The van der Waals surface area contributed by atoms with Gasteiger partial charge >= 0.3 is 0 Å². The van der Waals surface area contributed by atoms with Crippen molar-refractivity contribution in [3.63, 3.8) is 0 Å². The number of nitrogens with one attached hydrogen (secondary N) is 1. The number of rotatable bonds is 16. The second-order valence-corrected chi connectivity index (χ2v) is 13.9. The highest BCUT2D eigenvalue weighted by molar-refractivity contribution is 6.32. The number of likely N-dealkylation sites (tertiary alicyclic amines) is 1. The highest BCUT2D eigenvalue weighted by atomic mass is 35.5. The summed E-state index contributed by atoms with van der Waals surface area (Å²) in [6, 6.07) is 20.0. The third-order valence-corrected chi connectivity index (χ3v) is 10.1. The summed E-state index contributed by atoms with van der Waals surface area (Å²) in [4.78, 5) is 6.46. The number of pyridine rings is 1. The maximum atomic E-state index is 9.80. The Balaban J connectivity index is 1.16. The van der Waals surface area contributed by atoms with Crippen LogP contribution in [0.2, 0.25) is 5.02 Å². The van der Waals surface area contributed by atoms with E-state index in [1.54, 1.807) is 12.3 Å². The summed E-state index contributed by atoms with van der Waals surface area (Å²) >= 11 is 6.85. The van der Waals surface area contributed by atoms with Crippen LogP contribution in [-0.4, -0.2) is 52.5 Å². The Morgan fingerprint density at radius 1 is 0.925 bits per heavy atom. The largest absolute Gasteiger partial charge is 0.493 e. The van der Waals surface area contributed by atoms with E-state index in [-0.39, 0.29) is 12.7 Å². The molecule has 1 fully saturated rings. The highest BCUT2D eigenvalue weighted by Gasteiger charge is 2.20. The van der Waals surface area contributed by atoms with Gasteiger partial charge in [0.2, 0.25) is 0 Å². The lowest BCUT2D eigenvalue weighted by atomic mass is 9.93. The minimum atomic E-state index is -0.204. The molecule has 0 radical (unpaired) electrons. The molecule has 0 unspecified atom stereocenters. The van der Waals surface area contributed by atoms with Crippen LogP contribution in [0.15, 0.2) is 71.5 Å². The van der Waals surface area contributed by atoms with E-state index in [0.717, 1.165) is 94.2 Å². The van der Waals surface area contributed by atoms with Crippen molar-refractivity contribution in [1.82, 2.24) is 20.4 Å². The van der Waals surface area contributed by atoms with Gasteiger partial charge in [-0.05, 0) is 86.6 Å². The van der Waals surface area contributed by atoms with E-state index in [1.165, 1.54) is 6.20 Å². The van der Waals surface area contributed by atoms with E-state index in [0.29, 0.717) is 48.4 Å². The van der Waals surface area contributed by atoms with Gasteiger partial charge < -0.3 is 34.1 Å². The Labute approximate surface area is 316 Å². The van der Waals surface area contributed by atoms with Crippen LogP contribution >= 0.6 is 11.6 Å². The third-order valence-electron chi connectivity index (χ3n) is 9.76. The van der Waals surface area contributed by atoms with Gasteiger partial charge in [-0.15, -0.1) is 0 Å². The molecule has 6 rings (SSSR count). The molecule has 53 heavy (non-hydrogen) atoms. The maximum absolute atomic E-state index is 9.80. The Bertz CT molecular complexity index is 2060. The summed E-state index contributed by atoms with van der Waals surface area (Å²) in [5.74, 6) is 2.76. The SMILES string of the molecule is Cc1noc(C)c1CNCc1cc(Cl)c(OCc2cccc(-c3cccc(OCCCN4CC[C@@H](O)C4)c3C)c2C)cc1OCc1cncc(C#N)c1. The number of β-amino-alcohol motifs (C(OH)–C–C–N with tert-alkyl or cyclic N) is 1. The molecule has 0 bridgehead atoms. The summed E-state index contributed by atoms with van der Waals surface area (Å²) in [5.41, 5.74) is 9.41. The van der Waals surface area contributed by atoms with Crippen LogP contribution in [0.4, 0.5) is 0 Å². The van der Waals surface area contributed by atoms with E-state index in [1.807, 2.05) is 44.2 Å². The number of ether oxygens (including phenoxy) is 3. The van der Waals surface area contributed by atoms with Gasteiger partial charge in [-0.1, -0.05) is 47.1 Å². The van der Waals surface area contributed by atoms with Gasteiger partial charge in [0, 0.05) is 67.9 Å². The van der Waals surface area contributed by atoms with Crippen LogP contribution in [0.1, 0.15) is 63.2 Å². The van der Waals surface area contributed by atoms with Crippen molar-refractivity contribution >= 4 is 11.6 Å². The number of aryl methyl sites for hydroxylation is 2. The van der Waals surface area contributed by atoms with Crippen LogP contribution in [-0.2, 0) is 26.3 Å². The zero-order valence-electron chi connectivity index (χ0n) is 30.7. The fraction of sp³-hybridized carbons (Fsp3) is 0.357. The highest BCUT2D eigenvalue weighted by Crippen LogP contribution is 2.36. The number of aromatic nitrogens is 2. The molecule has 5 aromatic rings. The summed E-state index contributed by atoms with van der Waals surface area (Å²) in [5, 5.41) is 27.1. The van der Waals surface area contributed by atoms with Crippen LogP contribution in [0, 0.1) is 39.0 Å². The first kappa shape index (κ1) is 37.8. The third kappa shape index (κ3) is 9.55. The lowest BCUT2D eigenvalue weighted by molar-refractivity contribution is 0.173. The number of aliphatic hydroxyl groups is 1. The average Bonchev–Trinajstić information content (AvgIpc) is 3.73. The number of halogens is 1. The number of aliphatic hydroxyl groups excluding tert-OH is 1. The lowest BCUT2D eigenvalue weighted by Gasteiger charge is -2.19. The van der Waals surface area contributed by atoms with Crippen molar-refractivity contribution in [2.75, 3.05) is 26.2 Å². The smallest absolute Gasteiger partial charge is 0.142 e. The molecule has 0 amide bonds. The van der Waals surface area contributed by atoms with Crippen molar-refractivity contribution < 1.29 is 23.8 Å². The van der Waals surface area contributed by atoms with Gasteiger partial charge in [0.05, 0.1) is 29.0 Å². The molecule has 0 spiro atoms. The molecule has 1 aliphatic rings. The zero-order chi connectivity index (χ0) is 37.3. The van der Waals surface area contributed by atoms with E-state index < -0.39 is 0 Å². The molecule has 3 heterocycles. The summed E-state index contributed by atoms with van der Waals surface area (Å²) in [6.45, 7) is 12.8. The number of hydrogen-bond acceptors (Lipinski definition) is 10. The fourth-order valence-corrected chi connectivity index (χ4v) is 6.90. The average molecular weight is 736 g/mol. The second kappa shape index (κ2) is 17.7. The molecule has 2 N–H and O–H groups in total. The number of benzene rings is 3. The Morgan fingerprint density at radius 2 is 1.72 bits per heavy atom. The standard InChI is InChI=1S/C42H46ClN5O5/c1-27-33(8-5-9-36(27)37-10-6-11-40(28(37)2)50-15-7-13-48-14-12-35(49)24-48)26-52-42-18-41(51-25-32-16-31(19-44)20-45-21-32)34(17-39(42)43)22-46-23-38-29(3)47-53-30(38)4/h5-6,8-11,16-18,20-21,35,46,49H,7,12-15,22-26H2,1-4H3/t35-/m1/s1. The topological polar surface area (TPSA) is 126 Å². The lowest BCUT2D eigenvalue weighted by Crippen LogP contribution is -2.24. The fourth-order valence-electron chi connectivity index (χ4n) is 6.66. The van der Waals surface area contributed by atoms with Crippen molar-refractivity contribution in [3.05, 3.63) is 122 Å². The number of nitriles is 1. The zero-order valence-corrected chi connectivity index (χ0v) is 31.5. The Morgan fingerprint density at radius 3 is 2.47 bits per heavy atom. The molecular weight excluding hydrogens is 690 g/mol. The second-order valence-electron chi connectivity index (χ2n) is 13.5. The quantitative estimate of drug-likeness (QED) is 0.0971. The Kier molecular flexibility index (Phi) is 12.7. The molecule has 0 saturated carbocycles. The molecule has 2 aromatic heterocycles. The van der Waals surface area contributed by atoms with E-state index >= 15 is 0 Å². The van der Waals surface area contributed by atoms with Crippen LogP contribution in [0.25, 0.3) is 11.1 Å². The van der Waals surface area contributed by atoms with Gasteiger partial charge in [-0.2, -0.15) is 5.26 Å². The van der Waals surface area contributed by atoms with Gasteiger partial charge in [0.1, 0.15) is 42.3 Å². The van der Waals surface area contributed by atoms with Gasteiger partial charge in [-0.3, -0.25) is 4.98 Å². The van der Waals surface area contributed by atoms with Crippen molar-refractivity contribution in [3.8, 4) is 34.4 Å². The summed E-state index contributed by atoms with van der Waals surface area (Å²) in [7, 11) is 0. The van der Waals surface area contributed by atoms with Gasteiger partial charge in [-0.25, -0.2) is 0 Å². The molecule has 1 atom stereocenters. The van der Waals surface area contributed by atoms with Gasteiger partial charge in [0.15, 0.2) is 0 Å². The molecule has 1 aliphatic heterocycles. The summed E-state index contributed by atoms with van der Waals surface area (Å²) in [6.07, 6.45) is 4.76. The molecule has 10 nitrogen and oxygen atoms in total. The monoisotopic (exact) mass is 735 g/mol. The normalized spacial score (nSPS) is 14.3. The Hall–Kier alpha value is -4.92. The minimum absolute atomic E-state index is 0.204.